The Labute approximate surface area is 118 Å². The number of rotatable bonds is 4. The van der Waals surface area contributed by atoms with E-state index in [1.165, 1.54) is 21.5 Å². The Morgan fingerprint density at radius 3 is 3.00 bits per heavy atom. The Morgan fingerprint density at radius 1 is 1.41 bits per heavy atom. The predicted molar refractivity (Wildman–Crippen MR) is 80.1 cm³/mol. The van der Waals surface area contributed by atoms with E-state index in [1.807, 2.05) is 23.1 Å². The summed E-state index contributed by atoms with van der Waals surface area (Å²) < 4.78 is 1.22. The third-order valence-electron chi connectivity index (χ3n) is 3.10. The molecule has 1 fully saturated rings. The van der Waals surface area contributed by atoms with Gasteiger partial charge < -0.3 is 5.32 Å². The van der Waals surface area contributed by atoms with Gasteiger partial charge in [0, 0.05) is 16.7 Å². The molecule has 3 rings (SSSR count). The van der Waals surface area contributed by atoms with Crippen LogP contribution in [-0.2, 0) is 6.42 Å². The molecule has 5 heteroatoms. The highest BCUT2D eigenvalue weighted by molar-refractivity contribution is 9.11. The molecular weight excluding hydrogens is 316 g/mol. The molecule has 2 aliphatic rings. The summed E-state index contributed by atoms with van der Waals surface area (Å²) in [6.45, 7) is 2.03. The molecule has 1 unspecified atom stereocenters. The summed E-state index contributed by atoms with van der Waals surface area (Å²) >= 11 is 7.26. The first-order chi connectivity index (χ1) is 8.31. The van der Waals surface area contributed by atoms with Crippen molar-refractivity contribution in [1.29, 1.82) is 0 Å². The average Bonchev–Trinajstić information content (AvgIpc) is 2.93. The van der Waals surface area contributed by atoms with E-state index >= 15 is 0 Å². The predicted octanol–water partition coefficient (Wildman–Crippen LogP) is 3.52. The maximum absolute atomic E-state index is 4.58. The lowest BCUT2D eigenvalue weighted by atomic mass is 10.3. The minimum atomic E-state index is 0.772. The van der Waals surface area contributed by atoms with Crippen molar-refractivity contribution in [2.45, 2.75) is 24.5 Å². The van der Waals surface area contributed by atoms with Crippen LogP contribution < -0.4 is 5.32 Å². The summed E-state index contributed by atoms with van der Waals surface area (Å²) in [5, 5.41) is 5.39. The zero-order valence-corrected chi connectivity index (χ0v) is 12.7. The molecule has 0 aromatic carbocycles. The maximum Gasteiger partial charge on any atom is 0.156 e. The Hall–Kier alpha value is -0.0000000000000000833. The van der Waals surface area contributed by atoms with Gasteiger partial charge in [-0.15, -0.1) is 11.3 Å². The lowest BCUT2D eigenvalue weighted by molar-refractivity contribution is 0.771. The van der Waals surface area contributed by atoms with Crippen molar-refractivity contribution >= 4 is 44.2 Å². The summed E-state index contributed by atoms with van der Waals surface area (Å²) in [7, 11) is 0. The monoisotopic (exact) mass is 330 g/mol. The normalized spacial score (nSPS) is 23.8. The second-order valence-corrected chi connectivity index (χ2v) is 8.30. The van der Waals surface area contributed by atoms with Crippen LogP contribution in [0.15, 0.2) is 20.9 Å². The quantitative estimate of drug-likeness (QED) is 0.913. The Bertz CT molecular complexity index is 426. The van der Waals surface area contributed by atoms with Gasteiger partial charge in [-0.2, -0.15) is 0 Å². The van der Waals surface area contributed by atoms with Crippen LogP contribution in [0.1, 0.15) is 17.7 Å². The van der Waals surface area contributed by atoms with Crippen LogP contribution in [0.5, 0.6) is 0 Å². The van der Waals surface area contributed by atoms with Gasteiger partial charge in [0.2, 0.25) is 0 Å². The van der Waals surface area contributed by atoms with E-state index in [-0.39, 0.29) is 0 Å². The molecule has 0 spiro atoms. The van der Waals surface area contributed by atoms with Crippen LogP contribution in [0.3, 0.4) is 0 Å². The third-order valence-corrected chi connectivity index (χ3v) is 6.12. The SMILES string of the molecule is Brc1ccc(CCNC2=NCC(C3CC3)S2)s1. The fourth-order valence-corrected chi connectivity index (χ4v) is 4.70. The molecule has 1 atom stereocenters. The Kier molecular flexibility index (Phi) is 3.78. The van der Waals surface area contributed by atoms with Crippen molar-refractivity contribution in [3.8, 4) is 0 Å². The second kappa shape index (κ2) is 5.33. The summed E-state index contributed by atoms with van der Waals surface area (Å²) in [4.78, 5) is 6.00. The van der Waals surface area contributed by atoms with Gasteiger partial charge >= 0.3 is 0 Å². The minimum absolute atomic E-state index is 0.772. The molecular formula is C12H15BrN2S2. The molecule has 1 saturated carbocycles. The van der Waals surface area contributed by atoms with E-state index in [9.17, 15) is 0 Å². The molecule has 2 nitrogen and oxygen atoms in total. The van der Waals surface area contributed by atoms with Crippen molar-refractivity contribution in [1.82, 2.24) is 5.32 Å². The molecule has 92 valence electrons. The Morgan fingerprint density at radius 2 is 2.29 bits per heavy atom. The number of nitrogens with one attached hydrogen (secondary N) is 1. The van der Waals surface area contributed by atoms with Crippen molar-refractivity contribution in [3.05, 3.63) is 20.8 Å². The van der Waals surface area contributed by atoms with Crippen LogP contribution in [0.2, 0.25) is 0 Å². The number of thiophene rings is 1. The van der Waals surface area contributed by atoms with Crippen LogP contribution in [0.25, 0.3) is 0 Å². The van der Waals surface area contributed by atoms with Crippen LogP contribution >= 0.6 is 39.0 Å². The van der Waals surface area contributed by atoms with Gasteiger partial charge in [0.1, 0.15) is 0 Å². The van der Waals surface area contributed by atoms with Crippen LogP contribution in [0.4, 0.5) is 0 Å². The highest BCUT2D eigenvalue weighted by Gasteiger charge is 2.35. The van der Waals surface area contributed by atoms with Crippen LogP contribution in [-0.4, -0.2) is 23.5 Å². The molecule has 1 aliphatic heterocycles. The molecule has 1 aromatic rings. The van der Waals surface area contributed by atoms with Crippen molar-refractivity contribution in [3.63, 3.8) is 0 Å². The van der Waals surface area contributed by atoms with Crippen molar-refractivity contribution < 1.29 is 0 Å². The first kappa shape index (κ1) is 12.1. The second-order valence-electron chi connectivity index (χ2n) is 4.52. The highest BCUT2D eigenvalue weighted by Crippen LogP contribution is 2.41. The van der Waals surface area contributed by atoms with Gasteiger partial charge in [-0.1, -0.05) is 11.8 Å². The molecule has 17 heavy (non-hydrogen) atoms. The molecule has 0 amide bonds. The van der Waals surface area contributed by atoms with Gasteiger partial charge in [-0.3, -0.25) is 4.99 Å². The number of amidine groups is 1. The van der Waals surface area contributed by atoms with E-state index in [0.29, 0.717) is 0 Å². The zero-order chi connectivity index (χ0) is 11.7. The molecule has 0 saturated heterocycles. The number of halogens is 1. The van der Waals surface area contributed by atoms with E-state index < -0.39 is 0 Å². The molecule has 1 aliphatic carbocycles. The first-order valence-electron chi connectivity index (χ1n) is 6.00. The number of nitrogens with zero attached hydrogens (tertiary/aromatic N) is 1. The standard InChI is InChI=1S/C12H15BrN2S2/c13-11-4-3-9(16-11)5-6-14-12-15-7-10(17-12)8-1-2-8/h3-4,8,10H,1-2,5-7H2,(H,14,15). The summed E-state index contributed by atoms with van der Waals surface area (Å²) in [5.74, 6) is 0.955. The van der Waals surface area contributed by atoms with E-state index in [1.54, 1.807) is 0 Å². The molecule has 0 bridgehead atoms. The first-order valence-corrected chi connectivity index (χ1v) is 8.49. The number of hydrogen-bond donors (Lipinski definition) is 1. The van der Waals surface area contributed by atoms with E-state index in [2.05, 4.69) is 38.4 Å². The van der Waals surface area contributed by atoms with Gasteiger partial charge in [0.15, 0.2) is 5.17 Å². The fourth-order valence-electron chi connectivity index (χ4n) is 1.98. The number of hydrogen-bond acceptors (Lipinski definition) is 4. The molecule has 1 aromatic heterocycles. The van der Waals surface area contributed by atoms with Gasteiger partial charge in [0.05, 0.1) is 10.3 Å². The molecule has 1 N–H and O–H groups in total. The van der Waals surface area contributed by atoms with E-state index in [0.717, 1.165) is 35.8 Å². The van der Waals surface area contributed by atoms with Gasteiger partial charge in [0.25, 0.3) is 0 Å². The summed E-state index contributed by atoms with van der Waals surface area (Å²) in [5.41, 5.74) is 0. The van der Waals surface area contributed by atoms with E-state index in [4.69, 9.17) is 0 Å². The molecule has 0 radical (unpaired) electrons. The zero-order valence-electron chi connectivity index (χ0n) is 9.49. The molecule has 2 heterocycles. The van der Waals surface area contributed by atoms with Gasteiger partial charge in [-0.25, -0.2) is 0 Å². The van der Waals surface area contributed by atoms with Crippen molar-refractivity contribution in [2.24, 2.45) is 10.9 Å². The maximum atomic E-state index is 4.58. The third kappa shape index (κ3) is 3.26. The largest absolute Gasteiger partial charge is 0.365 e. The lowest BCUT2D eigenvalue weighted by Crippen LogP contribution is -2.22. The smallest absolute Gasteiger partial charge is 0.156 e. The number of aliphatic imine (C=N–C) groups is 1. The van der Waals surface area contributed by atoms with Crippen LogP contribution in [0, 0.1) is 5.92 Å². The Balaban J connectivity index is 1.40. The minimum Gasteiger partial charge on any atom is -0.365 e. The highest BCUT2D eigenvalue weighted by atomic mass is 79.9. The van der Waals surface area contributed by atoms with Crippen molar-refractivity contribution in [2.75, 3.05) is 13.1 Å². The average molecular weight is 331 g/mol. The fraction of sp³-hybridized carbons (Fsp3) is 0.583. The lowest BCUT2D eigenvalue weighted by Gasteiger charge is -2.06. The summed E-state index contributed by atoms with van der Waals surface area (Å²) in [6, 6.07) is 4.30. The number of thioether (sulfide) groups is 1. The van der Waals surface area contributed by atoms with Gasteiger partial charge in [-0.05, 0) is 53.2 Å². The topological polar surface area (TPSA) is 24.4 Å². The summed E-state index contributed by atoms with van der Waals surface area (Å²) in [6.07, 6.45) is 3.93.